The van der Waals surface area contributed by atoms with Gasteiger partial charge in [0.15, 0.2) is 5.69 Å². The molecule has 8 nitrogen and oxygen atoms in total. The van der Waals surface area contributed by atoms with Gasteiger partial charge in [0, 0.05) is 24.9 Å². The van der Waals surface area contributed by atoms with E-state index in [1.54, 1.807) is 16.9 Å². The average Bonchev–Trinajstić information content (AvgIpc) is 2.95. The van der Waals surface area contributed by atoms with Crippen molar-refractivity contribution in [2.24, 2.45) is 0 Å². The predicted molar refractivity (Wildman–Crippen MR) is 75.5 cm³/mol. The van der Waals surface area contributed by atoms with Crippen LogP contribution in [0.25, 0.3) is 0 Å². The van der Waals surface area contributed by atoms with E-state index in [9.17, 15) is 14.9 Å². The van der Waals surface area contributed by atoms with Crippen LogP contribution < -0.4 is 10.1 Å². The predicted octanol–water partition coefficient (Wildman–Crippen LogP) is 2.07. The summed E-state index contributed by atoms with van der Waals surface area (Å²) in [5, 5.41) is 17.5. The van der Waals surface area contributed by atoms with Crippen LogP contribution in [0.4, 0.5) is 11.4 Å². The Morgan fingerprint density at radius 2 is 2.24 bits per heavy atom. The molecule has 1 N–H and O–H groups in total. The fourth-order valence-corrected chi connectivity index (χ4v) is 1.73. The number of nitro benzene ring substituents is 1. The number of aromatic nitrogens is 2. The highest BCUT2D eigenvalue weighted by molar-refractivity contribution is 6.03. The first-order chi connectivity index (χ1) is 10.0. The summed E-state index contributed by atoms with van der Waals surface area (Å²) >= 11 is 0. The van der Waals surface area contributed by atoms with E-state index in [0.29, 0.717) is 12.3 Å². The SMILES string of the molecule is CCn1ccc(C(=O)Nc2cc(OC)cc([N+](=O)[O-])c2)n1. The Kier molecular flexibility index (Phi) is 4.17. The Morgan fingerprint density at radius 1 is 1.48 bits per heavy atom. The van der Waals surface area contributed by atoms with E-state index in [2.05, 4.69) is 10.4 Å². The number of anilines is 1. The summed E-state index contributed by atoms with van der Waals surface area (Å²) < 4.78 is 6.59. The normalized spacial score (nSPS) is 10.2. The van der Waals surface area contributed by atoms with Gasteiger partial charge in [-0.3, -0.25) is 19.6 Å². The minimum atomic E-state index is -0.552. The molecule has 1 amide bonds. The molecule has 0 bridgehead atoms. The van der Waals surface area contributed by atoms with Gasteiger partial charge in [0.25, 0.3) is 11.6 Å². The largest absolute Gasteiger partial charge is 0.496 e. The van der Waals surface area contributed by atoms with E-state index in [1.165, 1.54) is 25.3 Å². The molecule has 2 rings (SSSR count). The van der Waals surface area contributed by atoms with Gasteiger partial charge in [-0.1, -0.05) is 0 Å². The lowest BCUT2D eigenvalue weighted by Gasteiger charge is -2.06. The molecular weight excluding hydrogens is 276 g/mol. The zero-order valence-electron chi connectivity index (χ0n) is 11.6. The molecule has 8 heteroatoms. The molecule has 1 aromatic heterocycles. The van der Waals surface area contributed by atoms with Gasteiger partial charge in [0.2, 0.25) is 0 Å². The van der Waals surface area contributed by atoms with Crippen molar-refractivity contribution in [3.8, 4) is 5.75 Å². The van der Waals surface area contributed by atoms with Crippen molar-refractivity contribution < 1.29 is 14.5 Å². The van der Waals surface area contributed by atoms with Crippen molar-refractivity contribution in [2.75, 3.05) is 12.4 Å². The third-order valence-electron chi connectivity index (χ3n) is 2.79. The van der Waals surface area contributed by atoms with Crippen LogP contribution in [0.15, 0.2) is 30.5 Å². The molecule has 110 valence electrons. The van der Waals surface area contributed by atoms with Gasteiger partial charge < -0.3 is 10.1 Å². The second kappa shape index (κ2) is 6.04. The summed E-state index contributed by atoms with van der Waals surface area (Å²) in [5.74, 6) is -0.150. The number of amides is 1. The smallest absolute Gasteiger partial charge is 0.276 e. The lowest BCUT2D eigenvalue weighted by molar-refractivity contribution is -0.384. The number of nitro groups is 1. The molecular formula is C13H14N4O4. The van der Waals surface area contributed by atoms with E-state index >= 15 is 0 Å². The third kappa shape index (κ3) is 3.35. The minimum absolute atomic E-state index is 0.163. The van der Waals surface area contributed by atoms with Gasteiger partial charge in [-0.25, -0.2) is 0 Å². The van der Waals surface area contributed by atoms with Gasteiger partial charge in [-0.15, -0.1) is 0 Å². The van der Waals surface area contributed by atoms with E-state index in [4.69, 9.17) is 4.74 Å². The van der Waals surface area contributed by atoms with Gasteiger partial charge in [-0.05, 0) is 13.0 Å². The Bertz CT molecular complexity index is 681. The molecule has 0 saturated carbocycles. The summed E-state index contributed by atoms with van der Waals surface area (Å²) in [5.41, 5.74) is 0.350. The quantitative estimate of drug-likeness (QED) is 0.671. The van der Waals surface area contributed by atoms with Gasteiger partial charge >= 0.3 is 0 Å². The molecule has 0 spiro atoms. The molecule has 0 atom stereocenters. The topological polar surface area (TPSA) is 99.3 Å². The monoisotopic (exact) mass is 290 g/mol. The number of nitrogens with zero attached hydrogens (tertiary/aromatic N) is 3. The van der Waals surface area contributed by atoms with Crippen molar-refractivity contribution >= 4 is 17.3 Å². The number of aryl methyl sites for hydroxylation is 1. The average molecular weight is 290 g/mol. The molecule has 0 aliphatic rings. The number of methoxy groups -OCH3 is 1. The van der Waals surface area contributed by atoms with Crippen LogP contribution in [0.3, 0.4) is 0 Å². The number of carbonyl (C=O) groups is 1. The van der Waals surface area contributed by atoms with Crippen LogP contribution in [0.2, 0.25) is 0 Å². The van der Waals surface area contributed by atoms with E-state index < -0.39 is 10.8 Å². The van der Waals surface area contributed by atoms with E-state index in [-0.39, 0.29) is 17.1 Å². The second-order valence-corrected chi connectivity index (χ2v) is 4.19. The minimum Gasteiger partial charge on any atom is -0.496 e. The van der Waals surface area contributed by atoms with Crippen LogP contribution in [-0.2, 0) is 6.54 Å². The number of hydrogen-bond donors (Lipinski definition) is 1. The van der Waals surface area contributed by atoms with Crippen molar-refractivity contribution in [1.29, 1.82) is 0 Å². The lowest BCUT2D eigenvalue weighted by atomic mass is 10.2. The zero-order valence-corrected chi connectivity index (χ0v) is 11.6. The zero-order chi connectivity index (χ0) is 15.4. The Balaban J connectivity index is 2.23. The third-order valence-corrected chi connectivity index (χ3v) is 2.79. The Morgan fingerprint density at radius 3 is 2.81 bits per heavy atom. The first-order valence-electron chi connectivity index (χ1n) is 6.21. The molecule has 0 aliphatic heterocycles. The number of carbonyl (C=O) groups excluding carboxylic acids is 1. The van der Waals surface area contributed by atoms with Crippen LogP contribution in [0.1, 0.15) is 17.4 Å². The molecule has 0 aliphatic carbocycles. The number of benzene rings is 1. The Labute approximate surface area is 120 Å². The molecule has 2 aromatic rings. The Hall–Kier alpha value is -2.90. The van der Waals surface area contributed by atoms with E-state index in [0.717, 1.165) is 0 Å². The number of hydrogen-bond acceptors (Lipinski definition) is 5. The van der Waals surface area contributed by atoms with Crippen LogP contribution in [-0.4, -0.2) is 27.7 Å². The standard InChI is InChI=1S/C13H14N4O4/c1-3-16-5-4-12(15-16)13(18)14-9-6-10(17(19)20)8-11(7-9)21-2/h4-8H,3H2,1-2H3,(H,14,18). The van der Waals surface area contributed by atoms with Crippen molar-refractivity contribution in [2.45, 2.75) is 13.5 Å². The molecule has 0 radical (unpaired) electrons. The number of rotatable bonds is 5. The fraction of sp³-hybridized carbons (Fsp3) is 0.231. The fourth-order valence-electron chi connectivity index (χ4n) is 1.73. The van der Waals surface area contributed by atoms with Crippen LogP contribution in [0.5, 0.6) is 5.75 Å². The summed E-state index contributed by atoms with van der Waals surface area (Å²) in [6.07, 6.45) is 1.68. The molecule has 0 fully saturated rings. The van der Waals surface area contributed by atoms with Crippen LogP contribution in [0, 0.1) is 10.1 Å². The maximum Gasteiger partial charge on any atom is 0.276 e. The lowest BCUT2D eigenvalue weighted by Crippen LogP contribution is -2.13. The summed E-state index contributed by atoms with van der Waals surface area (Å²) in [4.78, 5) is 22.3. The summed E-state index contributed by atoms with van der Waals surface area (Å²) in [6.45, 7) is 2.55. The molecule has 21 heavy (non-hydrogen) atoms. The molecule has 0 unspecified atom stereocenters. The highest BCUT2D eigenvalue weighted by Crippen LogP contribution is 2.26. The van der Waals surface area contributed by atoms with Crippen molar-refractivity contribution in [1.82, 2.24) is 9.78 Å². The van der Waals surface area contributed by atoms with Crippen molar-refractivity contribution in [3.05, 3.63) is 46.3 Å². The van der Waals surface area contributed by atoms with Gasteiger partial charge in [0.05, 0.1) is 23.8 Å². The highest BCUT2D eigenvalue weighted by atomic mass is 16.6. The number of non-ortho nitro benzene ring substituents is 1. The van der Waals surface area contributed by atoms with Gasteiger partial charge in [0.1, 0.15) is 5.75 Å². The summed E-state index contributed by atoms with van der Waals surface area (Å²) in [6, 6.07) is 5.62. The maximum atomic E-state index is 12.0. The highest BCUT2D eigenvalue weighted by Gasteiger charge is 2.14. The van der Waals surface area contributed by atoms with E-state index in [1.807, 2.05) is 6.92 Å². The number of nitrogens with one attached hydrogen (secondary N) is 1. The van der Waals surface area contributed by atoms with Crippen molar-refractivity contribution in [3.63, 3.8) is 0 Å². The van der Waals surface area contributed by atoms with Crippen LogP contribution >= 0.6 is 0 Å². The first kappa shape index (κ1) is 14.5. The second-order valence-electron chi connectivity index (χ2n) is 4.19. The molecule has 1 heterocycles. The first-order valence-corrected chi connectivity index (χ1v) is 6.21. The van der Waals surface area contributed by atoms with Gasteiger partial charge in [-0.2, -0.15) is 5.10 Å². The summed E-state index contributed by atoms with van der Waals surface area (Å²) in [7, 11) is 1.40. The number of ether oxygens (including phenoxy) is 1. The molecule has 0 saturated heterocycles. The molecule has 1 aromatic carbocycles. The maximum absolute atomic E-state index is 12.0.